The van der Waals surface area contributed by atoms with E-state index in [0.717, 1.165) is 28.1 Å². The summed E-state index contributed by atoms with van der Waals surface area (Å²) in [6.45, 7) is 1.90. The molecule has 1 heterocycles. The maximum absolute atomic E-state index is 12.5. The smallest absolute Gasteiger partial charge is 0.339 e. The van der Waals surface area contributed by atoms with Crippen molar-refractivity contribution in [2.75, 3.05) is 0 Å². The molecule has 0 aliphatic carbocycles. The van der Waals surface area contributed by atoms with Gasteiger partial charge in [0.2, 0.25) is 0 Å². The average molecular weight is 494 g/mol. The highest BCUT2D eigenvalue weighted by atomic mass is 32.2. The molecule has 0 fully saturated rings. The number of para-hydroxylation sites is 1. The van der Waals surface area contributed by atoms with Gasteiger partial charge in [-0.05, 0) is 61.0 Å². The first-order chi connectivity index (χ1) is 17.5. The zero-order valence-electron chi connectivity index (χ0n) is 19.5. The fourth-order valence-corrected chi connectivity index (χ4v) is 4.53. The number of nitrogens with zero attached hydrogens (tertiary/aromatic N) is 3. The van der Waals surface area contributed by atoms with Crippen molar-refractivity contribution in [1.29, 1.82) is 0 Å². The number of aliphatic imine (C=N–C) groups is 1. The van der Waals surface area contributed by atoms with Gasteiger partial charge >= 0.3 is 10.1 Å². The van der Waals surface area contributed by atoms with Gasteiger partial charge in [0.1, 0.15) is 10.6 Å². The molecule has 0 aliphatic rings. The third-order valence-corrected chi connectivity index (χ3v) is 6.76. The number of aryl methyl sites for hydroxylation is 1. The molecule has 0 N–H and O–H groups in total. The lowest BCUT2D eigenvalue weighted by Gasteiger charge is -2.07. The molecule has 1 aromatic heterocycles. The molecule has 0 saturated carbocycles. The van der Waals surface area contributed by atoms with Crippen molar-refractivity contribution in [3.8, 4) is 22.7 Å². The normalized spacial score (nSPS) is 11.6. The molecule has 0 aliphatic heterocycles. The summed E-state index contributed by atoms with van der Waals surface area (Å²) in [5.74, 6) is 0.899. The molecule has 0 spiro atoms. The van der Waals surface area contributed by atoms with Gasteiger partial charge in [0.05, 0.1) is 11.4 Å². The molecule has 5 rings (SSSR count). The lowest BCUT2D eigenvalue weighted by atomic mass is 10.2. The van der Waals surface area contributed by atoms with E-state index >= 15 is 0 Å². The van der Waals surface area contributed by atoms with E-state index in [9.17, 15) is 8.42 Å². The van der Waals surface area contributed by atoms with Gasteiger partial charge in [0.25, 0.3) is 0 Å². The quantitative estimate of drug-likeness (QED) is 0.195. The van der Waals surface area contributed by atoms with Crippen LogP contribution in [0.3, 0.4) is 0 Å². The molecule has 178 valence electrons. The van der Waals surface area contributed by atoms with E-state index in [2.05, 4.69) is 4.99 Å². The van der Waals surface area contributed by atoms with Gasteiger partial charge in [0.15, 0.2) is 5.82 Å². The van der Waals surface area contributed by atoms with Gasteiger partial charge in [-0.2, -0.15) is 13.5 Å². The Hall–Kier alpha value is -4.49. The predicted molar refractivity (Wildman–Crippen MR) is 142 cm³/mol. The molecule has 6 nitrogen and oxygen atoms in total. The maximum atomic E-state index is 12.5. The SMILES string of the molecule is Cc1ccc(S(=O)(=O)Oc2ccc(C=Nc3cc(-c4ccccc4)nn3-c3ccccc3)cc2)cc1. The second-order valence-corrected chi connectivity index (χ2v) is 9.73. The Balaban J connectivity index is 1.39. The molecular formula is C29H23N3O3S. The minimum absolute atomic E-state index is 0.113. The van der Waals surface area contributed by atoms with Gasteiger partial charge < -0.3 is 4.18 Å². The first-order valence-electron chi connectivity index (χ1n) is 11.3. The van der Waals surface area contributed by atoms with Crippen LogP contribution in [0.4, 0.5) is 5.82 Å². The van der Waals surface area contributed by atoms with Crippen LogP contribution in [0.5, 0.6) is 5.75 Å². The average Bonchev–Trinajstić information content (AvgIpc) is 3.34. The zero-order chi connectivity index (χ0) is 25.0. The third kappa shape index (κ3) is 5.26. The van der Waals surface area contributed by atoms with Gasteiger partial charge in [0, 0.05) is 17.8 Å². The van der Waals surface area contributed by atoms with Gasteiger partial charge in [-0.25, -0.2) is 9.67 Å². The fraction of sp³-hybridized carbons (Fsp3) is 0.0345. The Morgan fingerprint density at radius 1 is 0.806 bits per heavy atom. The van der Waals surface area contributed by atoms with Crippen LogP contribution in [0.25, 0.3) is 16.9 Å². The van der Waals surface area contributed by atoms with E-state index in [1.165, 1.54) is 12.1 Å². The molecule has 0 unspecified atom stereocenters. The van der Waals surface area contributed by atoms with Crippen molar-refractivity contribution in [3.63, 3.8) is 0 Å². The van der Waals surface area contributed by atoms with Crippen LogP contribution in [-0.2, 0) is 10.1 Å². The summed E-state index contributed by atoms with van der Waals surface area (Å²) in [6, 6.07) is 34.9. The van der Waals surface area contributed by atoms with Crippen molar-refractivity contribution < 1.29 is 12.6 Å². The second-order valence-electron chi connectivity index (χ2n) is 8.18. The minimum Gasteiger partial charge on any atom is -0.379 e. The molecule has 0 radical (unpaired) electrons. The lowest BCUT2D eigenvalue weighted by Crippen LogP contribution is -2.09. The summed E-state index contributed by atoms with van der Waals surface area (Å²) in [4.78, 5) is 4.79. The van der Waals surface area contributed by atoms with Crippen molar-refractivity contribution in [1.82, 2.24) is 9.78 Å². The summed E-state index contributed by atoms with van der Waals surface area (Å²) in [6.07, 6.45) is 1.71. The summed E-state index contributed by atoms with van der Waals surface area (Å²) in [5.41, 5.74) is 4.48. The van der Waals surface area contributed by atoms with Crippen LogP contribution in [0, 0.1) is 6.92 Å². The molecule has 4 aromatic carbocycles. The van der Waals surface area contributed by atoms with Crippen LogP contribution in [0.2, 0.25) is 0 Å². The van der Waals surface area contributed by atoms with Gasteiger partial charge in [-0.15, -0.1) is 0 Å². The third-order valence-electron chi connectivity index (χ3n) is 5.50. The largest absolute Gasteiger partial charge is 0.379 e. The topological polar surface area (TPSA) is 73.6 Å². The summed E-state index contributed by atoms with van der Waals surface area (Å²) >= 11 is 0. The monoisotopic (exact) mass is 493 g/mol. The number of aromatic nitrogens is 2. The summed E-state index contributed by atoms with van der Waals surface area (Å²) in [5, 5.41) is 4.77. The molecule has 5 aromatic rings. The van der Waals surface area contributed by atoms with Crippen LogP contribution in [-0.4, -0.2) is 24.4 Å². The number of hydrogen-bond acceptors (Lipinski definition) is 5. The number of hydrogen-bond donors (Lipinski definition) is 0. The maximum Gasteiger partial charge on any atom is 0.339 e. The summed E-state index contributed by atoms with van der Waals surface area (Å²) in [7, 11) is -3.90. The van der Waals surface area contributed by atoms with E-state index in [1.807, 2.05) is 73.7 Å². The Bertz CT molecular complexity index is 1590. The Labute approximate surface area is 210 Å². The van der Waals surface area contributed by atoms with Crippen LogP contribution in [0.1, 0.15) is 11.1 Å². The molecule has 7 heteroatoms. The lowest BCUT2D eigenvalue weighted by molar-refractivity contribution is 0.486. The predicted octanol–water partition coefficient (Wildman–Crippen LogP) is 6.37. The van der Waals surface area contributed by atoms with E-state index in [1.54, 1.807) is 47.3 Å². The molecular weight excluding hydrogens is 470 g/mol. The Morgan fingerprint density at radius 2 is 1.44 bits per heavy atom. The number of benzene rings is 4. The van der Waals surface area contributed by atoms with E-state index < -0.39 is 10.1 Å². The minimum atomic E-state index is -3.90. The van der Waals surface area contributed by atoms with E-state index in [-0.39, 0.29) is 10.6 Å². The molecule has 0 bridgehead atoms. The number of rotatable bonds is 7. The first kappa shape index (κ1) is 23.3. The zero-order valence-corrected chi connectivity index (χ0v) is 20.3. The molecule has 0 saturated heterocycles. The van der Waals surface area contributed by atoms with Crippen LogP contribution < -0.4 is 4.18 Å². The van der Waals surface area contributed by atoms with E-state index in [4.69, 9.17) is 9.28 Å². The van der Waals surface area contributed by atoms with Crippen molar-refractivity contribution >= 4 is 22.2 Å². The second kappa shape index (κ2) is 10.0. The summed E-state index contributed by atoms with van der Waals surface area (Å²) < 4.78 is 32.2. The Morgan fingerprint density at radius 3 is 2.11 bits per heavy atom. The van der Waals surface area contributed by atoms with E-state index in [0.29, 0.717) is 5.82 Å². The van der Waals surface area contributed by atoms with Crippen LogP contribution in [0.15, 0.2) is 125 Å². The Kier molecular flexibility index (Phi) is 6.47. The molecule has 36 heavy (non-hydrogen) atoms. The first-order valence-corrected chi connectivity index (χ1v) is 12.7. The highest BCUT2D eigenvalue weighted by Crippen LogP contribution is 2.27. The van der Waals surface area contributed by atoms with Gasteiger partial charge in [-0.3, -0.25) is 0 Å². The van der Waals surface area contributed by atoms with Crippen molar-refractivity contribution in [3.05, 3.63) is 126 Å². The van der Waals surface area contributed by atoms with Crippen molar-refractivity contribution in [2.24, 2.45) is 4.99 Å². The standard InChI is InChI=1S/C29H23N3O3S/c1-22-12-18-27(19-13-22)36(33,34)35-26-16-14-23(15-17-26)21-30-29-20-28(24-8-4-2-5-9-24)31-32(29)25-10-6-3-7-11-25/h2-21H,1H3. The van der Waals surface area contributed by atoms with Crippen LogP contribution >= 0.6 is 0 Å². The molecule has 0 amide bonds. The van der Waals surface area contributed by atoms with Crippen molar-refractivity contribution in [2.45, 2.75) is 11.8 Å². The molecule has 0 atom stereocenters. The highest BCUT2D eigenvalue weighted by molar-refractivity contribution is 7.87. The fourth-order valence-electron chi connectivity index (χ4n) is 3.60. The van der Waals surface area contributed by atoms with Gasteiger partial charge in [-0.1, -0.05) is 66.2 Å². The highest BCUT2D eigenvalue weighted by Gasteiger charge is 2.16.